The zero-order chi connectivity index (χ0) is 12.4. The molecule has 0 saturated carbocycles. The van der Waals surface area contributed by atoms with Gasteiger partial charge in [-0.3, -0.25) is 4.99 Å². The molecule has 0 saturated heterocycles. The molecular weight excluding hydrogens is 249 g/mol. The number of nitrogens with one attached hydrogen (secondary N) is 1. The van der Waals surface area contributed by atoms with Crippen LogP contribution in [0.5, 0.6) is 0 Å². The first-order chi connectivity index (χ1) is 8.10. The van der Waals surface area contributed by atoms with E-state index >= 15 is 0 Å². The summed E-state index contributed by atoms with van der Waals surface area (Å²) in [5.74, 6) is -3.11. The lowest BCUT2D eigenvalue weighted by molar-refractivity contribution is 0.498. The molecule has 1 atom stereocenters. The van der Waals surface area contributed by atoms with Crippen LogP contribution in [0.2, 0.25) is 0 Å². The van der Waals surface area contributed by atoms with E-state index in [1.807, 2.05) is 6.92 Å². The van der Waals surface area contributed by atoms with E-state index in [1.165, 1.54) is 11.8 Å². The summed E-state index contributed by atoms with van der Waals surface area (Å²) in [5.41, 5.74) is -0.217. The largest absolute Gasteiger partial charge is 0.332 e. The van der Waals surface area contributed by atoms with Gasteiger partial charge in [0.2, 0.25) is 0 Å². The molecule has 1 unspecified atom stereocenters. The van der Waals surface area contributed by atoms with Gasteiger partial charge in [0.25, 0.3) is 0 Å². The van der Waals surface area contributed by atoms with Crippen molar-refractivity contribution in [3.63, 3.8) is 0 Å². The topological polar surface area (TPSA) is 24.4 Å². The number of anilines is 1. The highest BCUT2D eigenvalue weighted by atomic mass is 32.2. The first kappa shape index (κ1) is 12.3. The molecule has 0 spiro atoms. The van der Waals surface area contributed by atoms with Gasteiger partial charge < -0.3 is 5.32 Å². The van der Waals surface area contributed by atoms with Crippen LogP contribution < -0.4 is 5.32 Å². The number of halogens is 3. The summed E-state index contributed by atoms with van der Waals surface area (Å²) >= 11 is 1.45. The molecule has 0 bridgehead atoms. The quantitative estimate of drug-likeness (QED) is 0.824. The SMILES string of the molecule is CCC1CN=C(Nc2cc(F)cc(F)c2F)S1. The van der Waals surface area contributed by atoms with Crippen molar-refractivity contribution < 1.29 is 13.2 Å². The molecule has 0 aliphatic carbocycles. The van der Waals surface area contributed by atoms with E-state index in [4.69, 9.17) is 0 Å². The van der Waals surface area contributed by atoms with Gasteiger partial charge in [-0.15, -0.1) is 0 Å². The molecule has 17 heavy (non-hydrogen) atoms. The summed E-state index contributed by atoms with van der Waals surface area (Å²) in [6, 6.07) is 1.43. The van der Waals surface area contributed by atoms with Gasteiger partial charge in [0.05, 0.1) is 12.2 Å². The first-order valence-electron chi connectivity index (χ1n) is 5.22. The average Bonchev–Trinajstić information content (AvgIpc) is 2.73. The Labute approximate surface area is 101 Å². The van der Waals surface area contributed by atoms with Gasteiger partial charge in [-0.05, 0) is 6.42 Å². The van der Waals surface area contributed by atoms with E-state index in [2.05, 4.69) is 10.3 Å². The number of nitrogens with zero attached hydrogens (tertiary/aromatic N) is 1. The van der Waals surface area contributed by atoms with Crippen LogP contribution in [0.25, 0.3) is 0 Å². The molecule has 2 nitrogen and oxygen atoms in total. The van der Waals surface area contributed by atoms with Gasteiger partial charge in [0, 0.05) is 17.4 Å². The third-order valence-corrected chi connectivity index (χ3v) is 3.68. The predicted octanol–water partition coefficient (Wildman–Crippen LogP) is 3.40. The van der Waals surface area contributed by atoms with Gasteiger partial charge in [0.15, 0.2) is 16.8 Å². The Morgan fingerprint density at radius 2 is 2.18 bits per heavy atom. The van der Waals surface area contributed by atoms with Gasteiger partial charge in [0.1, 0.15) is 5.82 Å². The fourth-order valence-electron chi connectivity index (χ4n) is 1.46. The summed E-state index contributed by atoms with van der Waals surface area (Å²) in [7, 11) is 0. The minimum Gasteiger partial charge on any atom is -0.332 e. The summed E-state index contributed by atoms with van der Waals surface area (Å²) < 4.78 is 39.2. The maximum absolute atomic E-state index is 13.3. The van der Waals surface area contributed by atoms with Gasteiger partial charge in [-0.2, -0.15) is 0 Å². The highest BCUT2D eigenvalue weighted by Gasteiger charge is 2.20. The molecule has 0 fully saturated rings. The molecule has 1 aromatic rings. The molecule has 1 aromatic carbocycles. The molecule has 1 aliphatic rings. The van der Waals surface area contributed by atoms with Crippen LogP contribution in [0.4, 0.5) is 18.9 Å². The smallest absolute Gasteiger partial charge is 0.182 e. The molecule has 1 heterocycles. The molecule has 1 aliphatic heterocycles. The molecule has 2 rings (SSSR count). The van der Waals surface area contributed by atoms with Crippen molar-refractivity contribution in [3.8, 4) is 0 Å². The average molecular weight is 260 g/mol. The van der Waals surface area contributed by atoms with Crippen LogP contribution in [0, 0.1) is 17.5 Å². The Morgan fingerprint density at radius 1 is 1.41 bits per heavy atom. The summed E-state index contributed by atoms with van der Waals surface area (Å²) in [5, 5.41) is 3.46. The van der Waals surface area contributed by atoms with E-state index in [0.29, 0.717) is 23.0 Å². The minimum atomic E-state index is -1.21. The van der Waals surface area contributed by atoms with Crippen LogP contribution in [-0.2, 0) is 0 Å². The van der Waals surface area contributed by atoms with Crippen LogP contribution >= 0.6 is 11.8 Å². The Bertz CT molecular complexity index is 462. The third-order valence-electron chi connectivity index (χ3n) is 2.41. The van der Waals surface area contributed by atoms with Crippen molar-refractivity contribution in [2.75, 3.05) is 11.9 Å². The number of hydrogen-bond donors (Lipinski definition) is 1. The second-order valence-electron chi connectivity index (χ2n) is 3.67. The number of rotatable bonds is 2. The highest BCUT2D eigenvalue weighted by Crippen LogP contribution is 2.26. The highest BCUT2D eigenvalue weighted by molar-refractivity contribution is 8.15. The number of aliphatic imine (C=N–C) groups is 1. The normalized spacial score (nSPS) is 19.3. The Kier molecular flexibility index (Phi) is 3.61. The van der Waals surface area contributed by atoms with Crippen LogP contribution in [0.15, 0.2) is 17.1 Å². The molecule has 0 radical (unpaired) electrons. The van der Waals surface area contributed by atoms with Crippen molar-refractivity contribution in [1.82, 2.24) is 0 Å². The van der Waals surface area contributed by atoms with Gasteiger partial charge in [-0.25, -0.2) is 13.2 Å². The van der Waals surface area contributed by atoms with E-state index < -0.39 is 17.5 Å². The standard InChI is InChI=1S/C11H11F3N2S/c1-2-7-5-15-11(17-7)16-9-4-6(12)3-8(13)10(9)14/h3-4,7H,2,5H2,1H3,(H,15,16). The summed E-state index contributed by atoms with van der Waals surface area (Å²) in [4.78, 5) is 4.14. The second-order valence-corrected chi connectivity index (χ2v) is 4.96. The zero-order valence-electron chi connectivity index (χ0n) is 9.14. The van der Waals surface area contributed by atoms with E-state index in [9.17, 15) is 13.2 Å². The fraction of sp³-hybridized carbons (Fsp3) is 0.364. The molecule has 0 amide bonds. The first-order valence-corrected chi connectivity index (χ1v) is 6.10. The Balaban J connectivity index is 2.14. The fourth-order valence-corrected chi connectivity index (χ4v) is 2.41. The maximum Gasteiger partial charge on any atom is 0.182 e. The van der Waals surface area contributed by atoms with Crippen LogP contribution in [0.1, 0.15) is 13.3 Å². The summed E-state index contributed by atoms with van der Waals surface area (Å²) in [6.45, 7) is 2.67. The number of thioether (sulfide) groups is 1. The lowest BCUT2D eigenvalue weighted by Crippen LogP contribution is -2.09. The van der Waals surface area contributed by atoms with Crippen molar-refractivity contribution in [2.24, 2.45) is 4.99 Å². The van der Waals surface area contributed by atoms with Crippen molar-refractivity contribution >= 4 is 22.6 Å². The van der Waals surface area contributed by atoms with Crippen LogP contribution in [0.3, 0.4) is 0 Å². The Hall–Kier alpha value is -1.17. The van der Waals surface area contributed by atoms with Crippen molar-refractivity contribution in [1.29, 1.82) is 0 Å². The third kappa shape index (κ3) is 2.74. The predicted molar refractivity (Wildman–Crippen MR) is 63.9 cm³/mol. The second kappa shape index (κ2) is 5.00. The minimum absolute atomic E-state index is 0.217. The summed E-state index contributed by atoms with van der Waals surface area (Å²) in [6.07, 6.45) is 0.944. The molecule has 92 valence electrons. The van der Waals surface area contributed by atoms with Crippen LogP contribution in [-0.4, -0.2) is 17.0 Å². The van der Waals surface area contributed by atoms with E-state index in [-0.39, 0.29) is 5.69 Å². The van der Waals surface area contributed by atoms with Crippen molar-refractivity contribution in [3.05, 3.63) is 29.6 Å². The van der Waals surface area contributed by atoms with E-state index in [1.54, 1.807) is 0 Å². The van der Waals surface area contributed by atoms with Gasteiger partial charge >= 0.3 is 0 Å². The molecule has 6 heteroatoms. The number of amidine groups is 1. The Morgan fingerprint density at radius 3 is 2.82 bits per heavy atom. The lowest BCUT2D eigenvalue weighted by Gasteiger charge is -2.08. The lowest BCUT2D eigenvalue weighted by atomic mass is 10.3. The van der Waals surface area contributed by atoms with E-state index in [0.717, 1.165) is 12.5 Å². The maximum atomic E-state index is 13.3. The van der Waals surface area contributed by atoms with Gasteiger partial charge in [-0.1, -0.05) is 18.7 Å². The molecule has 1 N–H and O–H groups in total. The van der Waals surface area contributed by atoms with Crippen molar-refractivity contribution in [2.45, 2.75) is 18.6 Å². The monoisotopic (exact) mass is 260 g/mol. The number of hydrogen-bond acceptors (Lipinski definition) is 3. The zero-order valence-corrected chi connectivity index (χ0v) is 9.95. The molecule has 0 aromatic heterocycles. The molecular formula is C11H11F3N2S. The number of benzene rings is 1.